The maximum Gasteiger partial charge on any atom is 0.337 e. The summed E-state index contributed by atoms with van der Waals surface area (Å²) in [4.78, 5) is 14.5. The van der Waals surface area contributed by atoms with Crippen molar-refractivity contribution in [1.82, 2.24) is 4.98 Å². The molecule has 0 unspecified atom stereocenters. The van der Waals surface area contributed by atoms with Crippen LogP contribution < -0.4 is 4.74 Å². The highest BCUT2D eigenvalue weighted by molar-refractivity contribution is 6.31. The number of ether oxygens (including phenoxy) is 1. The Kier molecular flexibility index (Phi) is 3.97. The molecule has 0 aliphatic heterocycles. The van der Waals surface area contributed by atoms with Crippen LogP contribution in [0.25, 0.3) is 0 Å². The van der Waals surface area contributed by atoms with Gasteiger partial charge < -0.3 is 9.84 Å². The molecule has 1 heterocycles. The second kappa shape index (κ2) is 5.67. The van der Waals surface area contributed by atoms with E-state index in [0.717, 1.165) is 0 Å². The number of carboxylic acid groups (broad SMARTS) is 1. The van der Waals surface area contributed by atoms with E-state index in [0.29, 0.717) is 0 Å². The summed E-state index contributed by atoms with van der Waals surface area (Å²) < 4.78 is 18.8. The topological polar surface area (TPSA) is 59.4 Å². The van der Waals surface area contributed by atoms with Gasteiger partial charge in [-0.3, -0.25) is 4.98 Å². The van der Waals surface area contributed by atoms with Gasteiger partial charge >= 0.3 is 5.97 Å². The fourth-order valence-electron chi connectivity index (χ4n) is 1.44. The summed E-state index contributed by atoms with van der Waals surface area (Å²) in [5.74, 6) is -1.35. The Morgan fingerprint density at radius 3 is 2.89 bits per heavy atom. The molecule has 0 fully saturated rings. The number of hydrogen-bond donors (Lipinski definition) is 1. The lowest BCUT2D eigenvalue weighted by molar-refractivity contribution is 0.0696. The van der Waals surface area contributed by atoms with E-state index < -0.39 is 11.8 Å². The number of halogens is 2. The van der Waals surface area contributed by atoms with Crippen molar-refractivity contribution in [2.75, 3.05) is 0 Å². The molecule has 0 aliphatic carbocycles. The first kappa shape index (κ1) is 13.3. The van der Waals surface area contributed by atoms with Gasteiger partial charge in [-0.2, -0.15) is 0 Å². The molecule has 1 aromatic carbocycles. The second-order valence-electron chi connectivity index (χ2n) is 3.70. The van der Waals surface area contributed by atoms with Crippen LogP contribution >= 0.6 is 11.6 Å². The third-order valence-electron chi connectivity index (χ3n) is 2.40. The van der Waals surface area contributed by atoms with Crippen LogP contribution in [0.3, 0.4) is 0 Å². The van der Waals surface area contributed by atoms with Crippen molar-refractivity contribution < 1.29 is 19.0 Å². The molecule has 0 bridgehead atoms. The maximum absolute atomic E-state index is 13.5. The summed E-state index contributed by atoms with van der Waals surface area (Å²) in [6.07, 6.45) is 2.55. The molecule has 2 rings (SSSR count). The first-order chi connectivity index (χ1) is 9.08. The van der Waals surface area contributed by atoms with Gasteiger partial charge in [0.1, 0.15) is 18.2 Å². The van der Waals surface area contributed by atoms with E-state index in [2.05, 4.69) is 4.98 Å². The Morgan fingerprint density at radius 2 is 2.21 bits per heavy atom. The monoisotopic (exact) mass is 281 g/mol. The van der Waals surface area contributed by atoms with Crippen LogP contribution in [0, 0.1) is 5.82 Å². The molecule has 2 aromatic rings. The van der Waals surface area contributed by atoms with Gasteiger partial charge in [-0.05, 0) is 18.2 Å². The summed E-state index contributed by atoms with van der Waals surface area (Å²) in [5.41, 5.74) is 0.210. The number of benzene rings is 1. The number of nitrogens with zero attached hydrogens (tertiary/aromatic N) is 1. The molecule has 0 spiro atoms. The predicted octanol–water partition coefficient (Wildman–Crippen LogP) is 3.15. The molecular weight excluding hydrogens is 273 g/mol. The number of pyridine rings is 1. The van der Waals surface area contributed by atoms with E-state index in [1.165, 1.54) is 30.6 Å². The smallest absolute Gasteiger partial charge is 0.337 e. The molecule has 19 heavy (non-hydrogen) atoms. The van der Waals surface area contributed by atoms with Crippen molar-refractivity contribution >= 4 is 17.6 Å². The lowest BCUT2D eigenvalue weighted by atomic mass is 10.2. The molecule has 6 heteroatoms. The summed E-state index contributed by atoms with van der Waals surface area (Å²) in [7, 11) is 0. The third kappa shape index (κ3) is 3.20. The van der Waals surface area contributed by atoms with Crippen molar-refractivity contribution in [3.05, 3.63) is 58.6 Å². The molecular formula is C13H9ClFNO3. The van der Waals surface area contributed by atoms with E-state index >= 15 is 0 Å². The van der Waals surface area contributed by atoms with E-state index in [-0.39, 0.29) is 28.5 Å². The van der Waals surface area contributed by atoms with Gasteiger partial charge in [0, 0.05) is 11.8 Å². The number of carbonyl (C=O) groups is 1. The number of aromatic carboxylic acids is 1. The van der Waals surface area contributed by atoms with Crippen molar-refractivity contribution in [1.29, 1.82) is 0 Å². The van der Waals surface area contributed by atoms with Gasteiger partial charge in [0.15, 0.2) is 0 Å². The number of hydrogen-bond acceptors (Lipinski definition) is 3. The van der Waals surface area contributed by atoms with E-state index in [4.69, 9.17) is 21.4 Å². The summed E-state index contributed by atoms with van der Waals surface area (Å²) in [5, 5.41) is 9.06. The molecule has 1 N–H and O–H groups in total. The van der Waals surface area contributed by atoms with Crippen molar-refractivity contribution in [3.8, 4) is 5.75 Å². The quantitative estimate of drug-likeness (QED) is 0.935. The van der Waals surface area contributed by atoms with Gasteiger partial charge in [0.05, 0.1) is 16.8 Å². The lowest BCUT2D eigenvalue weighted by Gasteiger charge is -2.08. The molecule has 98 valence electrons. The fraction of sp³-hybridized carbons (Fsp3) is 0.0769. The normalized spacial score (nSPS) is 10.2. The standard InChI is InChI=1S/C13H9ClFNO3/c14-11-2-1-3-12(15)10(11)7-19-9-4-8(13(17)18)5-16-6-9/h1-6H,7H2,(H,17,18). The SMILES string of the molecule is O=C(O)c1cncc(OCc2c(F)cccc2Cl)c1. The minimum atomic E-state index is -1.11. The zero-order valence-corrected chi connectivity index (χ0v) is 10.4. The molecule has 0 saturated carbocycles. The summed E-state index contributed by atoms with van der Waals surface area (Å²) in [6, 6.07) is 5.63. The predicted molar refractivity (Wildman–Crippen MR) is 66.9 cm³/mol. The fourth-order valence-corrected chi connectivity index (χ4v) is 1.66. The van der Waals surface area contributed by atoms with Crippen LogP contribution in [0.4, 0.5) is 4.39 Å². The first-order valence-corrected chi connectivity index (χ1v) is 5.70. The Hall–Kier alpha value is -2.14. The Labute approximate surface area is 113 Å². The van der Waals surface area contributed by atoms with Crippen molar-refractivity contribution in [3.63, 3.8) is 0 Å². The van der Waals surface area contributed by atoms with Gasteiger partial charge in [-0.15, -0.1) is 0 Å². The largest absolute Gasteiger partial charge is 0.487 e. The molecule has 4 nitrogen and oxygen atoms in total. The zero-order chi connectivity index (χ0) is 13.8. The Bertz CT molecular complexity index is 598. The van der Waals surface area contributed by atoms with E-state index in [1.807, 2.05) is 0 Å². The molecule has 1 aromatic heterocycles. The average molecular weight is 282 g/mol. The highest BCUT2D eigenvalue weighted by Gasteiger charge is 2.09. The van der Waals surface area contributed by atoms with Gasteiger partial charge in [-0.1, -0.05) is 17.7 Å². The van der Waals surface area contributed by atoms with Crippen molar-refractivity contribution in [2.24, 2.45) is 0 Å². The lowest BCUT2D eigenvalue weighted by Crippen LogP contribution is -2.02. The van der Waals surface area contributed by atoms with Crippen LogP contribution in [0.15, 0.2) is 36.7 Å². The van der Waals surface area contributed by atoms with Gasteiger partial charge in [0.2, 0.25) is 0 Å². The second-order valence-corrected chi connectivity index (χ2v) is 4.11. The first-order valence-electron chi connectivity index (χ1n) is 5.32. The number of carboxylic acids is 1. The van der Waals surface area contributed by atoms with Crippen molar-refractivity contribution in [2.45, 2.75) is 6.61 Å². The minimum Gasteiger partial charge on any atom is -0.487 e. The van der Waals surface area contributed by atoms with Crippen LogP contribution in [0.5, 0.6) is 5.75 Å². The Balaban J connectivity index is 2.15. The molecule has 0 saturated heterocycles. The van der Waals surface area contributed by atoms with Crippen LogP contribution in [0.2, 0.25) is 5.02 Å². The highest BCUT2D eigenvalue weighted by atomic mass is 35.5. The maximum atomic E-state index is 13.5. The van der Waals surface area contributed by atoms with Crippen LogP contribution in [-0.2, 0) is 6.61 Å². The highest BCUT2D eigenvalue weighted by Crippen LogP contribution is 2.21. The third-order valence-corrected chi connectivity index (χ3v) is 2.76. The Morgan fingerprint density at radius 1 is 1.42 bits per heavy atom. The van der Waals surface area contributed by atoms with Crippen LogP contribution in [-0.4, -0.2) is 16.1 Å². The van der Waals surface area contributed by atoms with Gasteiger partial charge in [-0.25, -0.2) is 9.18 Å². The summed E-state index contributed by atoms with van der Waals surface area (Å²) >= 11 is 5.85. The number of rotatable bonds is 4. The summed E-state index contributed by atoms with van der Waals surface area (Å²) in [6.45, 7) is -0.101. The average Bonchev–Trinajstić information content (AvgIpc) is 2.38. The van der Waals surface area contributed by atoms with E-state index in [1.54, 1.807) is 6.07 Å². The molecule has 0 amide bonds. The van der Waals surface area contributed by atoms with Gasteiger partial charge in [0.25, 0.3) is 0 Å². The molecule has 0 aliphatic rings. The minimum absolute atomic E-state index is 0.00266. The molecule has 0 atom stereocenters. The van der Waals surface area contributed by atoms with E-state index in [9.17, 15) is 9.18 Å². The zero-order valence-electron chi connectivity index (χ0n) is 9.64. The number of aromatic nitrogens is 1. The van der Waals surface area contributed by atoms with Crippen LogP contribution in [0.1, 0.15) is 15.9 Å². The molecule has 0 radical (unpaired) electrons.